The summed E-state index contributed by atoms with van der Waals surface area (Å²) in [4.78, 5) is 12.7. The van der Waals surface area contributed by atoms with E-state index >= 15 is 0 Å². The van der Waals surface area contributed by atoms with Crippen molar-refractivity contribution in [3.8, 4) is 0 Å². The first-order valence-electron chi connectivity index (χ1n) is 8.71. The van der Waals surface area contributed by atoms with Crippen molar-refractivity contribution in [1.29, 1.82) is 0 Å². The molecule has 0 bridgehead atoms. The van der Waals surface area contributed by atoms with Crippen molar-refractivity contribution < 1.29 is 9.21 Å². The molecule has 1 amide bonds. The van der Waals surface area contributed by atoms with Crippen molar-refractivity contribution in [2.24, 2.45) is 5.92 Å². The molecule has 3 nitrogen and oxygen atoms in total. The fraction of sp³-hybridized carbons (Fsp3) is 0.273. The van der Waals surface area contributed by atoms with Crippen molar-refractivity contribution >= 4 is 16.9 Å². The Morgan fingerprint density at radius 1 is 1.12 bits per heavy atom. The van der Waals surface area contributed by atoms with Crippen LogP contribution in [0.2, 0.25) is 0 Å². The second-order valence-corrected chi connectivity index (χ2v) is 6.87. The molecule has 25 heavy (non-hydrogen) atoms. The molecule has 1 atom stereocenters. The van der Waals surface area contributed by atoms with Crippen molar-refractivity contribution in [2.75, 3.05) is 6.54 Å². The third-order valence-electron chi connectivity index (χ3n) is 4.50. The largest absolute Gasteiger partial charge is 0.464 e. The van der Waals surface area contributed by atoms with E-state index in [9.17, 15) is 4.79 Å². The van der Waals surface area contributed by atoms with E-state index in [0.717, 1.165) is 23.0 Å². The number of furan rings is 1. The Labute approximate surface area is 149 Å². The Kier molecular flexibility index (Phi) is 5.22. The van der Waals surface area contributed by atoms with E-state index in [-0.39, 0.29) is 11.8 Å². The highest BCUT2D eigenvalue weighted by Gasteiger charge is 2.18. The molecule has 0 aliphatic heterocycles. The number of rotatable bonds is 6. The molecule has 3 heteroatoms. The van der Waals surface area contributed by atoms with Crippen LogP contribution in [0.3, 0.4) is 0 Å². The molecule has 1 heterocycles. The third-order valence-corrected chi connectivity index (χ3v) is 4.50. The summed E-state index contributed by atoms with van der Waals surface area (Å²) >= 11 is 0. The zero-order valence-corrected chi connectivity index (χ0v) is 14.8. The highest BCUT2D eigenvalue weighted by Crippen LogP contribution is 2.26. The highest BCUT2D eigenvalue weighted by molar-refractivity contribution is 6.05. The van der Waals surface area contributed by atoms with E-state index in [1.165, 1.54) is 5.56 Å². The van der Waals surface area contributed by atoms with Crippen molar-refractivity contribution in [2.45, 2.75) is 26.2 Å². The number of hydrogen-bond donors (Lipinski definition) is 1. The first kappa shape index (κ1) is 17.3. The van der Waals surface area contributed by atoms with Gasteiger partial charge >= 0.3 is 0 Å². The summed E-state index contributed by atoms with van der Waals surface area (Å²) in [7, 11) is 0. The van der Waals surface area contributed by atoms with Gasteiger partial charge in [-0.25, -0.2) is 0 Å². The van der Waals surface area contributed by atoms with Crippen LogP contribution in [0.5, 0.6) is 0 Å². The van der Waals surface area contributed by atoms with E-state index in [0.29, 0.717) is 18.0 Å². The molecule has 0 saturated carbocycles. The molecule has 0 saturated heterocycles. The van der Waals surface area contributed by atoms with Gasteiger partial charge in [0, 0.05) is 17.8 Å². The molecule has 0 fully saturated rings. The van der Waals surface area contributed by atoms with E-state index in [2.05, 4.69) is 32.2 Å². The molecule has 0 aliphatic rings. The van der Waals surface area contributed by atoms with Gasteiger partial charge in [0.2, 0.25) is 0 Å². The van der Waals surface area contributed by atoms with Crippen molar-refractivity contribution in [3.63, 3.8) is 0 Å². The average molecular weight is 334 g/mol. The van der Waals surface area contributed by atoms with Crippen LogP contribution in [0.1, 0.15) is 47.7 Å². The second-order valence-electron chi connectivity index (χ2n) is 6.87. The SMILES string of the molecule is [CH2]c1ccccc1C(CNC(=O)c1cccc2occc12)CC(C)C. The average Bonchev–Trinajstić information content (AvgIpc) is 3.07. The maximum Gasteiger partial charge on any atom is 0.252 e. The number of nitrogens with one attached hydrogen (secondary N) is 1. The minimum absolute atomic E-state index is 0.0673. The number of carbonyl (C=O) groups is 1. The number of fused-ring (bicyclic) bond motifs is 1. The minimum atomic E-state index is -0.0673. The van der Waals surface area contributed by atoms with Crippen LogP contribution in [0.4, 0.5) is 0 Å². The summed E-state index contributed by atoms with van der Waals surface area (Å²) < 4.78 is 5.38. The zero-order valence-electron chi connectivity index (χ0n) is 14.8. The van der Waals surface area contributed by atoms with Gasteiger partial charge in [0.15, 0.2) is 0 Å². The number of benzene rings is 2. The quantitative estimate of drug-likeness (QED) is 0.675. The Hall–Kier alpha value is -2.55. The van der Waals surface area contributed by atoms with Gasteiger partial charge in [-0.2, -0.15) is 0 Å². The minimum Gasteiger partial charge on any atom is -0.464 e. The number of carbonyl (C=O) groups excluding carboxylic acids is 1. The molecule has 0 aliphatic carbocycles. The van der Waals surface area contributed by atoms with Crippen LogP contribution in [0.25, 0.3) is 11.0 Å². The Balaban J connectivity index is 1.78. The van der Waals surface area contributed by atoms with Crippen LogP contribution in [0, 0.1) is 12.8 Å². The van der Waals surface area contributed by atoms with Crippen molar-refractivity contribution in [3.05, 3.63) is 78.4 Å². The van der Waals surface area contributed by atoms with Crippen LogP contribution in [0.15, 0.2) is 59.2 Å². The number of hydrogen-bond acceptors (Lipinski definition) is 2. The van der Waals surface area contributed by atoms with Crippen LogP contribution in [-0.2, 0) is 0 Å². The van der Waals surface area contributed by atoms with Crippen LogP contribution < -0.4 is 5.32 Å². The lowest BCUT2D eigenvalue weighted by atomic mass is 9.87. The zero-order chi connectivity index (χ0) is 17.8. The van der Waals surface area contributed by atoms with Crippen molar-refractivity contribution in [1.82, 2.24) is 5.32 Å². The third kappa shape index (κ3) is 3.93. The summed E-state index contributed by atoms with van der Waals surface area (Å²) in [6, 6.07) is 15.5. The van der Waals surface area contributed by atoms with Crippen LogP contribution >= 0.6 is 0 Å². The molecule has 2 aromatic carbocycles. The first-order valence-corrected chi connectivity index (χ1v) is 8.71. The first-order chi connectivity index (χ1) is 12.1. The molecule has 129 valence electrons. The molecule has 1 aromatic heterocycles. The lowest BCUT2D eigenvalue weighted by Gasteiger charge is -2.22. The van der Waals surface area contributed by atoms with Gasteiger partial charge < -0.3 is 9.73 Å². The molecule has 1 unspecified atom stereocenters. The van der Waals surface area contributed by atoms with Gasteiger partial charge in [-0.05, 0) is 48.6 Å². The lowest BCUT2D eigenvalue weighted by molar-refractivity contribution is 0.0951. The highest BCUT2D eigenvalue weighted by atomic mass is 16.3. The monoisotopic (exact) mass is 334 g/mol. The molecule has 3 rings (SSSR count). The predicted molar refractivity (Wildman–Crippen MR) is 102 cm³/mol. The van der Waals surface area contributed by atoms with Gasteiger partial charge in [0.1, 0.15) is 5.58 Å². The number of amides is 1. The normalized spacial score (nSPS) is 12.5. The standard InChI is InChI=1S/C22H24NO2/c1-15(2)13-17(18-8-5-4-7-16(18)3)14-23-22(24)20-9-6-10-21-19(20)11-12-25-21/h4-12,15,17H,3,13-14H2,1-2H3,(H,23,24). The Bertz CT molecular complexity index is 863. The van der Waals surface area contributed by atoms with Gasteiger partial charge in [0.25, 0.3) is 5.91 Å². The van der Waals surface area contributed by atoms with Gasteiger partial charge in [0.05, 0.1) is 11.8 Å². The van der Waals surface area contributed by atoms with E-state index in [1.807, 2.05) is 42.5 Å². The summed E-state index contributed by atoms with van der Waals surface area (Å²) in [5.74, 6) is 0.724. The molecule has 1 N–H and O–H groups in total. The second kappa shape index (κ2) is 7.56. The lowest BCUT2D eigenvalue weighted by Crippen LogP contribution is -2.29. The van der Waals surface area contributed by atoms with Crippen LogP contribution in [-0.4, -0.2) is 12.5 Å². The molecule has 0 spiro atoms. The summed E-state index contributed by atoms with van der Waals surface area (Å²) in [6.07, 6.45) is 2.62. The maximum absolute atomic E-state index is 12.7. The smallest absolute Gasteiger partial charge is 0.252 e. The summed E-state index contributed by atoms with van der Waals surface area (Å²) in [5.41, 5.74) is 3.62. The Morgan fingerprint density at radius 2 is 1.92 bits per heavy atom. The van der Waals surface area contributed by atoms with Gasteiger partial charge in [-0.15, -0.1) is 0 Å². The molecule has 1 radical (unpaired) electrons. The van der Waals surface area contributed by atoms with Gasteiger partial charge in [-0.3, -0.25) is 4.79 Å². The molecular weight excluding hydrogens is 310 g/mol. The molecular formula is C22H24NO2. The molecule has 3 aromatic rings. The van der Waals surface area contributed by atoms with E-state index in [1.54, 1.807) is 6.26 Å². The summed E-state index contributed by atoms with van der Waals surface area (Å²) in [5, 5.41) is 3.95. The van der Waals surface area contributed by atoms with Gasteiger partial charge in [-0.1, -0.05) is 44.2 Å². The predicted octanol–water partition coefficient (Wildman–Crippen LogP) is 5.17. The van der Waals surface area contributed by atoms with E-state index < -0.39 is 0 Å². The Morgan fingerprint density at radius 3 is 2.68 bits per heavy atom. The van der Waals surface area contributed by atoms with E-state index in [4.69, 9.17) is 4.42 Å². The summed E-state index contributed by atoms with van der Waals surface area (Å²) in [6.45, 7) is 9.14. The topological polar surface area (TPSA) is 42.2 Å². The fourth-order valence-corrected chi connectivity index (χ4v) is 3.32. The fourth-order valence-electron chi connectivity index (χ4n) is 3.32. The maximum atomic E-state index is 12.7.